The third-order valence-electron chi connectivity index (χ3n) is 10.4. The number of hydrogen-bond donors (Lipinski definition) is 2. The van der Waals surface area contributed by atoms with Gasteiger partial charge >= 0.3 is 25.7 Å². The summed E-state index contributed by atoms with van der Waals surface area (Å²) in [5.74, 6) is -1.63. The largest absolute Gasteiger partial charge is 0.472 e. The number of esters is 3. The van der Waals surface area contributed by atoms with Crippen LogP contribution in [0, 0.1) is 0 Å². The van der Waals surface area contributed by atoms with E-state index in [1.165, 1.54) is 32.1 Å². The SMILES string of the molecule is CC/C=C\C/C=C\C/C=C\C/C=C\C/C=C\C/C=C\CCC(=O)OCC(COP(=O)(O)OCC(CO)OC(=O)CCCCCCCCCCC)OC(=O)CCCC/C=C\C/C=C\C/C=C\C/C=C\CC. The van der Waals surface area contributed by atoms with E-state index >= 15 is 0 Å². The molecule has 70 heavy (non-hydrogen) atoms. The smallest absolute Gasteiger partial charge is 0.462 e. The number of carbonyl (C=O) groups excluding carboxylic acids is 3. The third kappa shape index (κ3) is 48.9. The van der Waals surface area contributed by atoms with Gasteiger partial charge in [0.2, 0.25) is 0 Å². The van der Waals surface area contributed by atoms with E-state index in [4.69, 9.17) is 23.3 Å². The van der Waals surface area contributed by atoms with Crippen molar-refractivity contribution in [3.63, 3.8) is 0 Å². The fraction of sp³-hybridized carbons (Fsp3) is 0.603. The first-order valence-electron chi connectivity index (χ1n) is 26.4. The molecule has 0 fully saturated rings. The van der Waals surface area contributed by atoms with Gasteiger partial charge in [-0.25, -0.2) is 4.57 Å². The molecular formula is C58H93O11P. The molecule has 0 rings (SSSR count). The third-order valence-corrected chi connectivity index (χ3v) is 11.3. The topological polar surface area (TPSA) is 155 Å². The molecule has 0 aromatic heterocycles. The molecule has 0 spiro atoms. The quantitative estimate of drug-likeness (QED) is 0.0197. The zero-order valence-corrected chi connectivity index (χ0v) is 44.3. The highest BCUT2D eigenvalue weighted by Gasteiger charge is 2.28. The molecule has 2 N–H and O–H groups in total. The van der Waals surface area contributed by atoms with Gasteiger partial charge in [0.05, 0.1) is 19.8 Å². The summed E-state index contributed by atoms with van der Waals surface area (Å²) in [5, 5.41) is 9.75. The number of phosphoric ester groups is 1. The van der Waals surface area contributed by atoms with Crippen LogP contribution in [0.4, 0.5) is 0 Å². The maximum absolute atomic E-state index is 12.8. The molecule has 0 saturated carbocycles. The fourth-order valence-electron chi connectivity index (χ4n) is 6.43. The van der Waals surface area contributed by atoms with E-state index in [9.17, 15) is 28.9 Å². The normalized spacial score (nSPS) is 14.4. The Kier molecular flexibility index (Phi) is 48.2. The van der Waals surface area contributed by atoms with Crippen LogP contribution in [0.1, 0.15) is 188 Å². The summed E-state index contributed by atoms with van der Waals surface area (Å²) in [6.45, 7) is 4.22. The zero-order valence-electron chi connectivity index (χ0n) is 43.4. The Balaban J connectivity index is 4.93. The molecule has 11 nitrogen and oxygen atoms in total. The number of ether oxygens (including phenoxy) is 3. The van der Waals surface area contributed by atoms with Crippen molar-refractivity contribution in [2.75, 3.05) is 26.4 Å². The Morgan fingerprint density at radius 2 is 0.771 bits per heavy atom. The summed E-state index contributed by atoms with van der Waals surface area (Å²) < 4.78 is 39.2. The van der Waals surface area contributed by atoms with Crippen LogP contribution in [0.3, 0.4) is 0 Å². The Labute approximate surface area is 424 Å². The van der Waals surface area contributed by atoms with E-state index in [0.29, 0.717) is 19.3 Å². The predicted molar refractivity (Wildman–Crippen MR) is 288 cm³/mol. The Bertz CT molecular complexity index is 1630. The lowest BCUT2D eigenvalue weighted by atomic mass is 10.1. The summed E-state index contributed by atoms with van der Waals surface area (Å²) >= 11 is 0. The highest BCUT2D eigenvalue weighted by molar-refractivity contribution is 7.47. The van der Waals surface area contributed by atoms with Crippen molar-refractivity contribution >= 4 is 25.7 Å². The van der Waals surface area contributed by atoms with E-state index in [1.807, 2.05) is 12.2 Å². The monoisotopic (exact) mass is 997 g/mol. The summed E-state index contributed by atoms with van der Waals surface area (Å²) in [5.41, 5.74) is 0. The molecule has 0 heterocycles. The zero-order chi connectivity index (χ0) is 51.3. The maximum atomic E-state index is 12.8. The molecule has 0 radical (unpaired) electrons. The molecule has 0 saturated heterocycles. The van der Waals surface area contributed by atoms with Gasteiger partial charge in [-0.2, -0.15) is 0 Å². The van der Waals surface area contributed by atoms with Gasteiger partial charge in [0.15, 0.2) is 6.10 Å². The van der Waals surface area contributed by atoms with Crippen LogP contribution >= 0.6 is 7.82 Å². The molecular weight excluding hydrogens is 904 g/mol. The van der Waals surface area contributed by atoms with E-state index in [2.05, 4.69) is 130 Å². The second kappa shape index (κ2) is 51.2. The molecule has 0 aliphatic rings. The minimum Gasteiger partial charge on any atom is -0.462 e. The molecule has 0 bridgehead atoms. The van der Waals surface area contributed by atoms with E-state index in [0.717, 1.165) is 96.3 Å². The van der Waals surface area contributed by atoms with E-state index < -0.39 is 64.4 Å². The number of phosphoric acid groups is 1. The number of allylic oxidation sites excluding steroid dienone is 20. The van der Waals surface area contributed by atoms with Gasteiger partial charge in [0.1, 0.15) is 12.7 Å². The Morgan fingerprint density at radius 1 is 0.414 bits per heavy atom. The fourth-order valence-corrected chi connectivity index (χ4v) is 7.21. The highest BCUT2D eigenvalue weighted by Crippen LogP contribution is 2.43. The van der Waals surface area contributed by atoms with Crippen LogP contribution in [0.2, 0.25) is 0 Å². The lowest BCUT2D eigenvalue weighted by Crippen LogP contribution is -2.30. The van der Waals surface area contributed by atoms with Gasteiger partial charge in [-0.05, 0) is 96.3 Å². The van der Waals surface area contributed by atoms with Crippen molar-refractivity contribution in [2.24, 2.45) is 0 Å². The van der Waals surface area contributed by atoms with Crippen molar-refractivity contribution < 1.29 is 52.2 Å². The second-order valence-electron chi connectivity index (χ2n) is 16.9. The summed E-state index contributed by atoms with van der Waals surface area (Å²) in [4.78, 5) is 48.3. The number of aliphatic hydroxyl groups excluding tert-OH is 1. The van der Waals surface area contributed by atoms with Crippen molar-refractivity contribution in [3.05, 3.63) is 122 Å². The van der Waals surface area contributed by atoms with Crippen molar-refractivity contribution in [3.8, 4) is 0 Å². The van der Waals surface area contributed by atoms with Gasteiger partial charge in [0, 0.05) is 19.3 Å². The molecule has 3 atom stereocenters. The molecule has 3 unspecified atom stereocenters. The van der Waals surface area contributed by atoms with Crippen molar-refractivity contribution in [2.45, 2.75) is 200 Å². The molecule has 0 aromatic rings. The first kappa shape index (κ1) is 65.9. The minimum atomic E-state index is -4.77. The lowest BCUT2D eigenvalue weighted by Gasteiger charge is -2.21. The average molecular weight is 997 g/mol. The first-order chi connectivity index (χ1) is 34.2. The number of unbranched alkanes of at least 4 members (excludes halogenated alkanes) is 10. The first-order valence-corrected chi connectivity index (χ1v) is 27.9. The maximum Gasteiger partial charge on any atom is 0.472 e. The second-order valence-corrected chi connectivity index (χ2v) is 18.4. The predicted octanol–water partition coefficient (Wildman–Crippen LogP) is 15.2. The van der Waals surface area contributed by atoms with Crippen LogP contribution < -0.4 is 0 Å². The summed E-state index contributed by atoms with van der Waals surface area (Å²) in [7, 11) is -4.77. The van der Waals surface area contributed by atoms with Gasteiger partial charge < -0.3 is 24.2 Å². The number of carbonyl (C=O) groups is 3. The highest BCUT2D eigenvalue weighted by atomic mass is 31.2. The van der Waals surface area contributed by atoms with Crippen LogP contribution in [0.15, 0.2) is 122 Å². The summed E-state index contributed by atoms with van der Waals surface area (Å²) in [6, 6.07) is 0. The van der Waals surface area contributed by atoms with E-state index in [1.54, 1.807) is 0 Å². The Hall–Kier alpha value is -4.12. The van der Waals surface area contributed by atoms with Crippen molar-refractivity contribution in [1.82, 2.24) is 0 Å². The van der Waals surface area contributed by atoms with Crippen LogP contribution in [-0.4, -0.2) is 66.5 Å². The van der Waals surface area contributed by atoms with Gasteiger partial charge in [-0.15, -0.1) is 0 Å². The van der Waals surface area contributed by atoms with Crippen LogP contribution in [0.25, 0.3) is 0 Å². The summed E-state index contributed by atoms with van der Waals surface area (Å²) in [6.07, 6.45) is 62.0. The Morgan fingerprint density at radius 3 is 1.20 bits per heavy atom. The molecule has 396 valence electrons. The lowest BCUT2D eigenvalue weighted by molar-refractivity contribution is -0.161. The average Bonchev–Trinajstić information content (AvgIpc) is 3.35. The molecule has 0 aliphatic heterocycles. The van der Waals surface area contributed by atoms with Crippen LogP contribution in [0.5, 0.6) is 0 Å². The molecule has 0 aliphatic carbocycles. The molecule has 0 amide bonds. The van der Waals surface area contributed by atoms with Crippen LogP contribution in [-0.2, 0) is 42.2 Å². The van der Waals surface area contributed by atoms with Gasteiger partial charge in [-0.1, -0.05) is 194 Å². The molecule has 0 aromatic carbocycles. The number of rotatable bonds is 47. The van der Waals surface area contributed by atoms with Gasteiger partial charge in [-0.3, -0.25) is 23.4 Å². The number of aliphatic hydroxyl groups is 1. The standard InChI is InChI=1S/C58H93O11P/c1-4-7-10-13-16-19-21-23-25-26-27-28-30-31-33-36-38-41-44-47-56(60)65-51-55(69-58(62)49-46-43-40-37-34-32-29-24-22-20-17-14-11-8-5-2)53-67-70(63,64)66-52-54(50-59)68-57(61)48-45-42-39-35-18-15-12-9-6-3/h7-8,10-11,16-17,19-20,23-25,27-29,31,33-34,37-38,41,54-55,59H,4-6,9,12-15,18,21-22,26,30,32,35-36,39-40,42-53H2,1-3H3,(H,63,64)/b10-7-,11-8-,19-16-,20-17-,25-23-,28-27-,29-24-,33-31-,37-34-,41-38-. The van der Waals surface area contributed by atoms with E-state index in [-0.39, 0.29) is 19.3 Å². The van der Waals surface area contributed by atoms with Gasteiger partial charge in [0.25, 0.3) is 0 Å². The number of hydrogen-bond acceptors (Lipinski definition) is 10. The molecule has 12 heteroatoms. The van der Waals surface area contributed by atoms with Crippen molar-refractivity contribution in [1.29, 1.82) is 0 Å². The minimum absolute atomic E-state index is 0.0863.